The molecule has 1 aromatic rings. The van der Waals surface area contributed by atoms with E-state index in [0.717, 1.165) is 0 Å². The topological polar surface area (TPSA) is 93.4 Å². The van der Waals surface area contributed by atoms with Crippen LogP contribution in [0.15, 0.2) is 18.2 Å². The number of hydrogen-bond acceptors (Lipinski definition) is 3. The second kappa shape index (κ2) is 7.00. The molecule has 0 saturated carbocycles. The largest absolute Gasteiger partial charge is 0.495 e. The van der Waals surface area contributed by atoms with Crippen molar-refractivity contribution in [2.75, 3.05) is 12.4 Å². The summed E-state index contributed by atoms with van der Waals surface area (Å²) < 4.78 is 5.03. The Bertz CT molecular complexity index is 506. The van der Waals surface area contributed by atoms with Crippen LogP contribution in [0.3, 0.4) is 0 Å². The maximum Gasteiger partial charge on any atom is 0.312 e. The van der Waals surface area contributed by atoms with Crippen LogP contribution in [0.1, 0.15) is 13.8 Å². The van der Waals surface area contributed by atoms with Gasteiger partial charge in [0.1, 0.15) is 11.8 Å². The molecule has 110 valence electrons. The Hall–Kier alpha value is -1.95. The molecule has 0 aromatic heterocycles. The van der Waals surface area contributed by atoms with Crippen LogP contribution in [0.2, 0.25) is 5.02 Å². The summed E-state index contributed by atoms with van der Waals surface area (Å²) in [5, 5.41) is 5.46. The minimum absolute atomic E-state index is 0.101. The highest BCUT2D eigenvalue weighted by atomic mass is 35.5. The highest BCUT2D eigenvalue weighted by Crippen LogP contribution is 2.27. The van der Waals surface area contributed by atoms with Gasteiger partial charge in [-0.25, -0.2) is 4.79 Å². The van der Waals surface area contributed by atoms with E-state index in [4.69, 9.17) is 22.1 Å². The van der Waals surface area contributed by atoms with Gasteiger partial charge < -0.3 is 21.1 Å². The number of carbonyl (C=O) groups excluding carboxylic acids is 2. The number of nitrogens with two attached hydrogens (primary N) is 1. The number of hydrogen-bond donors (Lipinski definition) is 3. The molecule has 0 aliphatic carbocycles. The number of primary amides is 1. The number of amides is 3. The lowest BCUT2D eigenvalue weighted by molar-refractivity contribution is -0.118. The Morgan fingerprint density at radius 2 is 2.00 bits per heavy atom. The lowest BCUT2D eigenvalue weighted by atomic mass is 10.0. The fourth-order valence-corrected chi connectivity index (χ4v) is 1.91. The van der Waals surface area contributed by atoms with E-state index >= 15 is 0 Å². The number of anilines is 1. The van der Waals surface area contributed by atoms with Gasteiger partial charge in [-0.1, -0.05) is 25.4 Å². The third kappa shape index (κ3) is 4.31. The summed E-state index contributed by atoms with van der Waals surface area (Å²) in [6.45, 7) is 3.61. The molecule has 0 fully saturated rings. The van der Waals surface area contributed by atoms with Gasteiger partial charge >= 0.3 is 6.03 Å². The normalized spacial score (nSPS) is 11.8. The van der Waals surface area contributed by atoms with E-state index in [1.54, 1.807) is 32.0 Å². The minimum Gasteiger partial charge on any atom is -0.495 e. The number of ether oxygens (including phenoxy) is 1. The summed E-state index contributed by atoms with van der Waals surface area (Å²) in [6, 6.07) is 3.41. The van der Waals surface area contributed by atoms with Gasteiger partial charge in [0.25, 0.3) is 0 Å². The van der Waals surface area contributed by atoms with E-state index < -0.39 is 12.1 Å². The van der Waals surface area contributed by atoms with Crippen LogP contribution in [0.5, 0.6) is 5.75 Å². The first kappa shape index (κ1) is 16.1. The van der Waals surface area contributed by atoms with E-state index in [-0.39, 0.29) is 11.8 Å². The smallest absolute Gasteiger partial charge is 0.312 e. The monoisotopic (exact) mass is 299 g/mol. The van der Waals surface area contributed by atoms with Crippen LogP contribution in [0.4, 0.5) is 10.5 Å². The van der Waals surface area contributed by atoms with Gasteiger partial charge in [-0.2, -0.15) is 0 Å². The molecule has 0 heterocycles. The average Bonchev–Trinajstić information content (AvgIpc) is 2.35. The average molecular weight is 300 g/mol. The van der Waals surface area contributed by atoms with Crippen molar-refractivity contribution in [1.82, 2.24) is 5.32 Å². The van der Waals surface area contributed by atoms with Crippen LogP contribution in [-0.4, -0.2) is 25.1 Å². The first-order valence-corrected chi connectivity index (χ1v) is 6.43. The van der Waals surface area contributed by atoms with E-state index in [9.17, 15) is 9.59 Å². The Kier molecular flexibility index (Phi) is 5.64. The van der Waals surface area contributed by atoms with Gasteiger partial charge in [-0.15, -0.1) is 0 Å². The van der Waals surface area contributed by atoms with Crippen LogP contribution >= 0.6 is 11.6 Å². The van der Waals surface area contributed by atoms with Gasteiger partial charge in [0, 0.05) is 5.69 Å². The Morgan fingerprint density at radius 3 is 2.45 bits per heavy atom. The maximum absolute atomic E-state index is 12.1. The Morgan fingerprint density at radius 1 is 1.35 bits per heavy atom. The fraction of sp³-hybridized carbons (Fsp3) is 0.385. The molecule has 20 heavy (non-hydrogen) atoms. The van der Waals surface area contributed by atoms with Crippen molar-refractivity contribution in [3.63, 3.8) is 0 Å². The molecule has 1 atom stereocenters. The first-order valence-electron chi connectivity index (χ1n) is 6.05. The molecule has 1 aromatic carbocycles. The second-order valence-electron chi connectivity index (χ2n) is 4.57. The number of carbonyl (C=O) groups is 2. The van der Waals surface area contributed by atoms with Crippen molar-refractivity contribution < 1.29 is 14.3 Å². The van der Waals surface area contributed by atoms with Gasteiger partial charge in [0.2, 0.25) is 5.91 Å². The number of rotatable bonds is 5. The molecule has 4 N–H and O–H groups in total. The highest BCUT2D eigenvalue weighted by molar-refractivity contribution is 6.32. The number of benzene rings is 1. The minimum atomic E-state index is -0.744. The van der Waals surface area contributed by atoms with Crippen LogP contribution in [0.25, 0.3) is 0 Å². The van der Waals surface area contributed by atoms with Gasteiger partial charge in [0.15, 0.2) is 0 Å². The quantitative estimate of drug-likeness (QED) is 0.776. The highest BCUT2D eigenvalue weighted by Gasteiger charge is 2.23. The molecule has 0 radical (unpaired) electrons. The third-order valence-electron chi connectivity index (χ3n) is 2.67. The Labute approximate surface area is 122 Å². The van der Waals surface area contributed by atoms with E-state index in [2.05, 4.69) is 10.6 Å². The summed E-state index contributed by atoms with van der Waals surface area (Å²) >= 11 is 5.97. The van der Waals surface area contributed by atoms with Crippen LogP contribution in [0, 0.1) is 5.92 Å². The molecule has 0 spiro atoms. The number of halogens is 1. The summed E-state index contributed by atoms with van der Waals surface area (Å²) in [4.78, 5) is 23.0. The molecular formula is C13H18ClN3O3. The molecule has 1 rings (SSSR count). The summed E-state index contributed by atoms with van der Waals surface area (Å²) in [5.41, 5.74) is 5.57. The van der Waals surface area contributed by atoms with E-state index in [1.807, 2.05) is 0 Å². The molecule has 7 heteroatoms. The summed E-state index contributed by atoms with van der Waals surface area (Å²) in [6.07, 6.45) is 0. The lowest BCUT2D eigenvalue weighted by Crippen LogP contribution is -2.49. The zero-order chi connectivity index (χ0) is 15.3. The molecule has 0 aliphatic heterocycles. The molecule has 0 aliphatic rings. The maximum atomic E-state index is 12.1. The van der Waals surface area contributed by atoms with Crippen molar-refractivity contribution in [2.24, 2.45) is 11.7 Å². The molecule has 6 nitrogen and oxygen atoms in total. The van der Waals surface area contributed by atoms with Crippen LogP contribution < -0.4 is 21.1 Å². The Balaban J connectivity index is 2.82. The first-order chi connectivity index (χ1) is 9.35. The summed E-state index contributed by atoms with van der Waals surface area (Å²) in [7, 11) is 1.51. The molecule has 0 bridgehead atoms. The number of nitrogens with one attached hydrogen (secondary N) is 2. The molecular weight excluding hydrogens is 282 g/mol. The van der Waals surface area contributed by atoms with Gasteiger partial charge in [-0.3, -0.25) is 4.79 Å². The lowest BCUT2D eigenvalue weighted by Gasteiger charge is -2.20. The van der Waals surface area contributed by atoms with Crippen molar-refractivity contribution in [3.05, 3.63) is 23.2 Å². The molecule has 0 unspecified atom stereocenters. The zero-order valence-electron chi connectivity index (χ0n) is 11.6. The standard InChI is InChI=1S/C13H18ClN3O3/c1-7(2)11(17-13(15)19)12(18)16-8-4-5-10(20-3)9(14)6-8/h4-7,11H,1-3H3,(H,16,18)(H3,15,17,19)/t11-/m1/s1. The van der Waals surface area contributed by atoms with Crippen molar-refractivity contribution >= 4 is 29.2 Å². The SMILES string of the molecule is COc1ccc(NC(=O)[C@H](NC(N)=O)C(C)C)cc1Cl. The van der Waals surface area contributed by atoms with Gasteiger partial charge in [0.05, 0.1) is 12.1 Å². The van der Waals surface area contributed by atoms with Gasteiger partial charge in [-0.05, 0) is 24.1 Å². The molecule has 0 saturated heterocycles. The zero-order valence-corrected chi connectivity index (χ0v) is 12.3. The predicted molar refractivity (Wildman–Crippen MR) is 78.0 cm³/mol. The van der Waals surface area contributed by atoms with E-state index in [1.165, 1.54) is 7.11 Å². The fourth-order valence-electron chi connectivity index (χ4n) is 1.65. The van der Waals surface area contributed by atoms with E-state index in [0.29, 0.717) is 16.5 Å². The van der Waals surface area contributed by atoms with Crippen molar-refractivity contribution in [1.29, 1.82) is 0 Å². The van der Waals surface area contributed by atoms with Crippen molar-refractivity contribution in [2.45, 2.75) is 19.9 Å². The molecule has 3 amide bonds. The third-order valence-corrected chi connectivity index (χ3v) is 2.96. The van der Waals surface area contributed by atoms with Crippen molar-refractivity contribution in [3.8, 4) is 5.75 Å². The predicted octanol–water partition coefficient (Wildman–Crippen LogP) is 1.98. The number of methoxy groups -OCH3 is 1. The summed E-state index contributed by atoms with van der Waals surface area (Å²) in [5.74, 6) is 0.0524. The van der Waals surface area contributed by atoms with Crippen LogP contribution in [-0.2, 0) is 4.79 Å². The second-order valence-corrected chi connectivity index (χ2v) is 4.98. The number of urea groups is 1.